The summed E-state index contributed by atoms with van der Waals surface area (Å²) in [6.45, 7) is 2.17. The minimum atomic E-state index is -3.98. The lowest BCUT2D eigenvalue weighted by molar-refractivity contribution is 0.175. The van der Waals surface area contributed by atoms with Gasteiger partial charge in [-0.15, -0.1) is 5.10 Å². The Hall–Kier alpha value is -3.12. The molecule has 2 aliphatic carbocycles. The molecule has 10 nitrogen and oxygen atoms in total. The number of sulfonamides is 1. The molecule has 0 radical (unpaired) electrons. The number of primary sulfonamides is 1. The van der Waals surface area contributed by atoms with E-state index in [9.17, 15) is 12.8 Å². The number of hydrogen-bond acceptors (Lipinski definition) is 8. The van der Waals surface area contributed by atoms with E-state index in [0.29, 0.717) is 6.01 Å². The SMILES string of the molecule is CC1(n2cnnc2O[C@@H]2CC[C@H](c3cnc(Nc4ccc(S(N)(=O)=O)cc4F)nc3)C2)CC1. The number of aromatic nitrogens is 5. The van der Waals surface area contributed by atoms with Gasteiger partial charge in [0.05, 0.1) is 10.6 Å². The molecule has 2 aliphatic rings. The predicted molar refractivity (Wildman–Crippen MR) is 117 cm³/mol. The summed E-state index contributed by atoms with van der Waals surface area (Å²) < 4.78 is 45.1. The van der Waals surface area contributed by atoms with Gasteiger partial charge in [-0.25, -0.2) is 27.9 Å². The maximum absolute atomic E-state index is 14.2. The summed E-state index contributed by atoms with van der Waals surface area (Å²) in [4.78, 5) is 8.27. The van der Waals surface area contributed by atoms with Crippen molar-refractivity contribution >= 4 is 21.7 Å². The average molecular weight is 474 g/mol. The second-order valence-corrected chi connectivity index (χ2v) is 10.4. The van der Waals surface area contributed by atoms with Crippen LogP contribution in [0.1, 0.15) is 50.5 Å². The zero-order valence-electron chi connectivity index (χ0n) is 18.0. The Bertz CT molecular complexity index is 1280. The van der Waals surface area contributed by atoms with Crippen LogP contribution in [0, 0.1) is 5.82 Å². The third kappa shape index (κ3) is 4.53. The number of nitrogens with zero attached hydrogens (tertiary/aromatic N) is 5. The molecule has 3 N–H and O–H groups in total. The standard InChI is InChI=1S/C21H24FN7O3S/c1-21(6-7-21)29-12-26-28-20(29)32-15-3-2-13(8-15)14-10-24-19(25-11-14)27-18-5-4-16(9-17(18)22)33(23,30)31/h4-5,9-13,15H,2-3,6-8H2,1H3,(H2,23,30,31)(H,24,25,27)/t13-,15+/m0/s1. The van der Waals surface area contributed by atoms with Gasteiger partial charge in [0.25, 0.3) is 0 Å². The number of rotatable bonds is 7. The number of nitrogens with one attached hydrogen (secondary N) is 1. The van der Waals surface area contributed by atoms with Crippen molar-refractivity contribution in [3.05, 3.63) is 48.3 Å². The van der Waals surface area contributed by atoms with Crippen molar-refractivity contribution < 1.29 is 17.5 Å². The minimum absolute atomic E-state index is 0.0459. The van der Waals surface area contributed by atoms with Crippen LogP contribution in [0.5, 0.6) is 6.01 Å². The molecule has 0 saturated heterocycles. The lowest BCUT2D eigenvalue weighted by atomic mass is 10.0. The van der Waals surface area contributed by atoms with E-state index in [1.54, 1.807) is 18.7 Å². The summed E-state index contributed by atoms with van der Waals surface area (Å²) in [5.41, 5.74) is 1.11. The molecule has 3 aromatic rings. The highest BCUT2D eigenvalue weighted by Crippen LogP contribution is 2.45. The largest absolute Gasteiger partial charge is 0.460 e. The molecular formula is C21H24FN7O3S. The first kappa shape index (κ1) is 21.7. The third-order valence-electron chi connectivity index (χ3n) is 6.39. The molecule has 174 valence electrons. The zero-order valence-corrected chi connectivity index (χ0v) is 18.8. The third-order valence-corrected chi connectivity index (χ3v) is 7.30. The molecule has 2 saturated carbocycles. The van der Waals surface area contributed by atoms with Gasteiger partial charge in [-0.05, 0) is 68.7 Å². The molecule has 2 fully saturated rings. The lowest BCUT2D eigenvalue weighted by Gasteiger charge is -2.17. The minimum Gasteiger partial charge on any atom is -0.460 e. The number of ether oxygens (including phenoxy) is 1. The lowest BCUT2D eigenvalue weighted by Crippen LogP contribution is -2.19. The van der Waals surface area contributed by atoms with Crippen molar-refractivity contribution in [2.75, 3.05) is 5.32 Å². The Labute approximate surface area is 190 Å². The number of halogens is 1. The van der Waals surface area contributed by atoms with Crippen LogP contribution in [0.25, 0.3) is 0 Å². The van der Waals surface area contributed by atoms with Crippen LogP contribution >= 0.6 is 0 Å². The highest BCUT2D eigenvalue weighted by Gasteiger charge is 2.42. The monoisotopic (exact) mass is 473 g/mol. The molecule has 0 amide bonds. The van der Waals surface area contributed by atoms with E-state index >= 15 is 0 Å². The molecule has 2 heterocycles. The molecule has 0 bridgehead atoms. The molecule has 1 aromatic carbocycles. The molecule has 12 heteroatoms. The second kappa shape index (κ2) is 8.03. The van der Waals surface area contributed by atoms with Crippen LogP contribution in [0.4, 0.5) is 16.0 Å². The number of benzene rings is 1. The maximum Gasteiger partial charge on any atom is 0.317 e. The summed E-state index contributed by atoms with van der Waals surface area (Å²) in [6.07, 6.45) is 10.1. The van der Waals surface area contributed by atoms with Gasteiger partial charge in [-0.1, -0.05) is 5.10 Å². The van der Waals surface area contributed by atoms with Crippen molar-refractivity contribution in [1.82, 2.24) is 24.7 Å². The summed E-state index contributed by atoms with van der Waals surface area (Å²) in [6, 6.07) is 3.94. The van der Waals surface area contributed by atoms with Crippen molar-refractivity contribution in [3.63, 3.8) is 0 Å². The van der Waals surface area contributed by atoms with E-state index < -0.39 is 15.8 Å². The van der Waals surface area contributed by atoms with Gasteiger partial charge >= 0.3 is 6.01 Å². The highest BCUT2D eigenvalue weighted by atomic mass is 32.2. The van der Waals surface area contributed by atoms with Crippen LogP contribution < -0.4 is 15.2 Å². The van der Waals surface area contributed by atoms with Crippen molar-refractivity contribution in [2.45, 2.75) is 61.5 Å². The Kier molecular flexibility index (Phi) is 5.28. The predicted octanol–water partition coefficient (Wildman–Crippen LogP) is 2.82. The summed E-state index contributed by atoms with van der Waals surface area (Å²) in [5.74, 6) is -0.307. The number of hydrogen-bond donors (Lipinski definition) is 2. The van der Waals surface area contributed by atoms with Crippen molar-refractivity contribution in [1.29, 1.82) is 0 Å². The fraction of sp³-hybridized carbons (Fsp3) is 0.429. The Balaban J connectivity index is 1.21. The van der Waals surface area contributed by atoms with Crippen LogP contribution in [0.15, 0.2) is 41.8 Å². The first-order valence-electron chi connectivity index (χ1n) is 10.7. The van der Waals surface area contributed by atoms with Crippen LogP contribution in [0.3, 0.4) is 0 Å². The molecular weight excluding hydrogens is 449 g/mol. The van der Waals surface area contributed by atoms with Crippen LogP contribution in [-0.2, 0) is 15.6 Å². The molecule has 0 aliphatic heterocycles. The van der Waals surface area contributed by atoms with Crippen LogP contribution in [0.2, 0.25) is 0 Å². The summed E-state index contributed by atoms with van der Waals surface area (Å²) in [7, 11) is -3.98. The first-order chi connectivity index (χ1) is 15.7. The Morgan fingerprint density at radius 3 is 2.67 bits per heavy atom. The van der Waals surface area contributed by atoms with E-state index in [1.165, 1.54) is 12.1 Å². The fourth-order valence-corrected chi connectivity index (χ4v) is 4.63. The molecule has 5 rings (SSSR count). The topological polar surface area (TPSA) is 138 Å². The smallest absolute Gasteiger partial charge is 0.317 e. The van der Waals surface area contributed by atoms with Gasteiger partial charge in [-0.2, -0.15) is 0 Å². The van der Waals surface area contributed by atoms with Crippen molar-refractivity contribution in [3.8, 4) is 6.01 Å². The fourth-order valence-electron chi connectivity index (χ4n) is 4.10. The molecule has 2 atom stereocenters. The highest BCUT2D eigenvalue weighted by molar-refractivity contribution is 7.89. The van der Waals surface area contributed by atoms with Gasteiger partial charge in [0.15, 0.2) is 0 Å². The number of nitrogens with two attached hydrogens (primary N) is 1. The summed E-state index contributed by atoms with van der Waals surface area (Å²) in [5, 5.41) is 15.9. The molecule has 33 heavy (non-hydrogen) atoms. The average Bonchev–Trinajstić information content (AvgIpc) is 3.16. The van der Waals surface area contributed by atoms with Gasteiger partial charge in [0.1, 0.15) is 18.2 Å². The normalized spacial score (nSPS) is 21.7. The zero-order chi connectivity index (χ0) is 23.2. The van der Waals surface area contributed by atoms with E-state index in [2.05, 4.69) is 32.4 Å². The van der Waals surface area contributed by atoms with Gasteiger partial charge in [0, 0.05) is 17.9 Å². The maximum atomic E-state index is 14.2. The molecule has 2 aromatic heterocycles. The quantitative estimate of drug-likeness (QED) is 0.534. The Morgan fingerprint density at radius 1 is 1.24 bits per heavy atom. The molecule has 0 spiro atoms. The van der Waals surface area contributed by atoms with Gasteiger partial charge in [-0.3, -0.25) is 4.57 Å². The Morgan fingerprint density at radius 2 is 2.00 bits per heavy atom. The van der Waals surface area contributed by atoms with E-state index in [0.717, 1.165) is 43.7 Å². The first-order valence-corrected chi connectivity index (χ1v) is 12.2. The number of anilines is 2. The van der Waals surface area contributed by atoms with Crippen LogP contribution in [-0.4, -0.2) is 39.3 Å². The second-order valence-electron chi connectivity index (χ2n) is 8.88. The summed E-state index contributed by atoms with van der Waals surface area (Å²) >= 11 is 0. The van der Waals surface area contributed by atoms with E-state index in [-0.39, 0.29) is 34.1 Å². The van der Waals surface area contributed by atoms with E-state index in [1.807, 2.05) is 4.57 Å². The van der Waals surface area contributed by atoms with Gasteiger partial charge < -0.3 is 10.1 Å². The van der Waals surface area contributed by atoms with Gasteiger partial charge in [0.2, 0.25) is 16.0 Å². The molecule has 0 unspecified atom stereocenters. The van der Waals surface area contributed by atoms with Crippen molar-refractivity contribution in [2.24, 2.45) is 5.14 Å². The van der Waals surface area contributed by atoms with E-state index in [4.69, 9.17) is 9.88 Å².